The van der Waals surface area contributed by atoms with E-state index in [1.807, 2.05) is 0 Å². The van der Waals surface area contributed by atoms with E-state index >= 15 is 0 Å². The summed E-state index contributed by atoms with van der Waals surface area (Å²) in [6.45, 7) is 0. The molecule has 0 spiro atoms. The quantitative estimate of drug-likeness (QED) is 0.261. The molecule has 0 radical (unpaired) electrons. The number of benzene rings is 2. The van der Waals surface area contributed by atoms with Crippen LogP contribution in [0.3, 0.4) is 0 Å². The second-order valence-electron chi connectivity index (χ2n) is 4.92. The number of ether oxygens (including phenoxy) is 3. The van der Waals surface area contributed by atoms with Crippen LogP contribution in [-0.4, -0.2) is 21.3 Å². The van der Waals surface area contributed by atoms with Crippen molar-refractivity contribution in [1.29, 1.82) is 0 Å². The van der Waals surface area contributed by atoms with Gasteiger partial charge in [-0.05, 0) is 29.8 Å². The molecule has 0 amide bonds. The maximum atomic E-state index is 10.9. The van der Waals surface area contributed by atoms with Gasteiger partial charge in [0.1, 0.15) is 30.8 Å². The van der Waals surface area contributed by atoms with Crippen LogP contribution < -0.4 is 87.6 Å². The molecule has 0 aromatic heterocycles. The molecule has 0 aliphatic carbocycles. The molecule has 2 aromatic rings. The van der Waals surface area contributed by atoms with Gasteiger partial charge in [-0.15, -0.1) is 0 Å². The predicted octanol–water partition coefficient (Wildman–Crippen LogP) is -3.90. The van der Waals surface area contributed by atoms with Gasteiger partial charge < -0.3 is 33.1 Å². The van der Waals surface area contributed by atoms with Crippen LogP contribution in [0.15, 0.2) is 36.4 Å². The first-order valence-electron chi connectivity index (χ1n) is 7.15. The van der Waals surface area contributed by atoms with Crippen LogP contribution >= 0.6 is 7.82 Å². The molecule has 0 fully saturated rings. The summed E-state index contributed by atoms with van der Waals surface area (Å²) in [5.41, 5.74) is 1.15. The Morgan fingerprint density at radius 3 is 1.85 bits per heavy atom. The molecule has 2 aromatic carbocycles. The fraction of sp³-hybridized carbons (Fsp3) is 0.176. The van der Waals surface area contributed by atoms with Gasteiger partial charge in [-0.25, -0.2) is 0 Å². The van der Waals surface area contributed by atoms with E-state index in [-0.39, 0.29) is 64.9 Å². The SMILES string of the molecule is COc1cc(/C=C\c2ccc(OC)cc2OP(=O)([O-])[O-])cc(OC)c1.[Na+].[Na+]. The van der Waals surface area contributed by atoms with E-state index in [9.17, 15) is 14.4 Å². The molecule has 0 heterocycles. The minimum Gasteiger partial charge on any atom is -0.780 e. The molecule has 7 nitrogen and oxygen atoms in total. The molecule has 0 aliphatic heterocycles. The van der Waals surface area contributed by atoms with E-state index in [0.29, 0.717) is 22.8 Å². The fourth-order valence-electron chi connectivity index (χ4n) is 2.09. The number of methoxy groups -OCH3 is 3. The molecular formula is C17H17Na2O7P. The van der Waals surface area contributed by atoms with Gasteiger partial charge >= 0.3 is 59.1 Å². The summed E-state index contributed by atoms with van der Waals surface area (Å²) in [6, 6.07) is 9.81. The first kappa shape index (κ1) is 26.5. The van der Waals surface area contributed by atoms with Crippen LogP contribution in [0.5, 0.6) is 23.0 Å². The average Bonchev–Trinajstić information content (AvgIpc) is 2.58. The van der Waals surface area contributed by atoms with Crippen molar-refractivity contribution < 1.29 is 92.2 Å². The Morgan fingerprint density at radius 1 is 0.815 bits per heavy atom. The third kappa shape index (κ3) is 8.60. The van der Waals surface area contributed by atoms with Crippen molar-refractivity contribution in [2.45, 2.75) is 0 Å². The van der Waals surface area contributed by atoms with Crippen LogP contribution in [0.4, 0.5) is 0 Å². The Kier molecular flexibility index (Phi) is 12.0. The number of hydrogen-bond donors (Lipinski definition) is 0. The summed E-state index contributed by atoms with van der Waals surface area (Å²) in [7, 11) is -0.695. The molecule has 0 N–H and O–H groups in total. The summed E-state index contributed by atoms with van der Waals surface area (Å²) in [5, 5.41) is 0. The zero-order chi connectivity index (χ0) is 18.4. The molecule has 134 valence electrons. The minimum atomic E-state index is -5.20. The third-order valence-corrected chi connectivity index (χ3v) is 3.68. The molecule has 0 saturated heterocycles. The summed E-state index contributed by atoms with van der Waals surface area (Å²) in [4.78, 5) is 21.9. The van der Waals surface area contributed by atoms with Crippen molar-refractivity contribution in [3.63, 3.8) is 0 Å². The van der Waals surface area contributed by atoms with E-state index < -0.39 is 7.82 Å². The van der Waals surface area contributed by atoms with Crippen LogP contribution in [0.2, 0.25) is 0 Å². The Labute approximate surface area is 202 Å². The van der Waals surface area contributed by atoms with E-state index in [1.165, 1.54) is 27.4 Å². The van der Waals surface area contributed by atoms with E-state index in [2.05, 4.69) is 4.52 Å². The second kappa shape index (κ2) is 12.2. The Bertz CT molecular complexity index is 799. The molecule has 27 heavy (non-hydrogen) atoms. The topological polar surface area (TPSA) is 100 Å². The molecule has 0 saturated carbocycles. The first-order chi connectivity index (χ1) is 11.8. The van der Waals surface area contributed by atoms with Gasteiger partial charge in [-0.3, -0.25) is 0 Å². The first-order valence-corrected chi connectivity index (χ1v) is 8.61. The average molecular weight is 410 g/mol. The molecule has 2 rings (SSSR count). The van der Waals surface area contributed by atoms with E-state index in [1.54, 1.807) is 42.5 Å². The van der Waals surface area contributed by atoms with Crippen LogP contribution in [0.25, 0.3) is 12.2 Å². The maximum Gasteiger partial charge on any atom is 1.00 e. The normalized spacial score (nSPS) is 10.6. The number of hydrogen-bond acceptors (Lipinski definition) is 7. The van der Waals surface area contributed by atoms with E-state index in [4.69, 9.17) is 14.2 Å². The number of phosphoric ester groups is 1. The molecular weight excluding hydrogens is 393 g/mol. The van der Waals surface area contributed by atoms with Crippen LogP contribution in [0.1, 0.15) is 11.1 Å². The van der Waals surface area contributed by atoms with Crippen molar-refractivity contribution in [3.05, 3.63) is 47.5 Å². The second-order valence-corrected chi connectivity index (χ2v) is 6.00. The van der Waals surface area contributed by atoms with Crippen LogP contribution in [0, 0.1) is 0 Å². The van der Waals surface area contributed by atoms with Gasteiger partial charge in [-0.1, -0.05) is 12.2 Å². The molecule has 0 atom stereocenters. The largest absolute Gasteiger partial charge is 1.00 e. The fourth-order valence-corrected chi connectivity index (χ4v) is 2.49. The van der Waals surface area contributed by atoms with Crippen molar-refractivity contribution in [3.8, 4) is 23.0 Å². The maximum absolute atomic E-state index is 10.9. The summed E-state index contributed by atoms with van der Waals surface area (Å²) >= 11 is 0. The molecule has 0 aliphatic rings. The van der Waals surface area contributed by atoms with Gasteiger partial charge in [0.15, 0.2) is 0 Å². The van der Waals surface area contributed by atoms with Crippen molar-refractivity contribution in [2.24, 2.45) is 0 Å². The Hall–Kier alpha value is -0.470. The zero-order valence-corrected chi connectivity index (χ0v) is 20.8. The van der Waals surface area contributed by atoms with Gasteiger partial charge in [0.05, 0.1) is 21.3 Å². The Balaban J connectivity index is 0.00000338. The number of phosphoric acid groups is 1. The summed E-state index contributed by atoms with van der Waals surface area (Å²) < 4.78 is 30.9. The zero-order valence-electron chi connectivity index (χ0n) is 15.9. The number of rotatable bonds is 7. The Morgan fingerprint density at radius 2 is 1.37 bits per heavy atom. The van der Waals surface area contributed by atoms with Crippen LogP contribution in [-0.2, 0) is 4.57 Å². The van der Waals surface area contributed by atoms with Crippen molar-refractivity contribution in [1.82, 2.24) is 0 Å². The smallest absolute Gasteiger partial charge is 0.780 e. The molecule has 10 heteroatoms. The predicted molar refractivity (Wildman–Crippen MR) is 89.7 cm³/mol. The van der Waals surface area contributed by atoms with Gasteiger partial charge in [0, 0.05) is 17.7 Å². The minimum absolute atomic E-state index is 0. The molecule has 0 bridgehead atoms. The monoisotopic (exact) mass is 410 g/mol. The van der Waals surface area contributed by atoms with E-state index in [0.717, 1.165) is 5.56 Å². The van der Waals surface area contributed by atoms with Gasteiger partial charge in [0.2, 0.25) is 0 Å². The third-order valence-electron chi connectivity index (χ3n) is 3.26. The summed E-state index contributed by atoms with van der Waals surface area (Å²) in [5.74, 6) is 1.46. The van der Waals surface area contributed by atoms with Gasteiger partial charge in [-0.2, -0.15) is 0 Å². The summed E-state index contributed by atoms with van der Waals surface area (Å²) in [6.07, 6.45) is 3.32. The molecule has 0 unspecified atom stereocenters. The van der Waals surface area contributed by atoms with Crippen molar-refractivity contribution in [2.75, 3.05) is 21.3 Å². The van der Waals surface area contributed by atoms with Crippen molar-refractivity contribution >= 4 is 20.0 Å². The standard InChI is InChI=1S/C17H19O7P.2Na/c1-21-14-7-6-13(17(11-14)24-25(18,19)20)5-4-12-8-15(22-2)10-16(9-12)23-3;;/h4-11H,1-3H3,(H2,18,19,20);;/q;2*+1/p-2/b5-4-;;. The van der Waals surface area contributed by atoms with Gasteiger partial charge in [0.25, 0.3) is 0 Å².